The molecule has 0 saturated carbocycles. The first kappa shape index (κ1) is 16.0. The molecule has 6 heteroatoms. The van der Waals surface area contributed by atoms with Crippen molar-refractivity contribution in [2.45, 2.75) is 6.92 Å². The van der Waals surface area contributed by atoms with Crippen LogP contribution in [0.3, 0.4) is 0 Å². The summed E-state index contributed by atoms with van der Waals surface area (Å²) in [5.41, 5.74) is 2.21. The maximum atomic E-state index is 12.0. The van der Waals surface area contributed by atoms with Gasteiger partial charge < -0.3 is 14.4 Å². The van der Waals surface area contributed by atoms with Gasteiger partial charge in [0, 0.05) is 17.9 Å². The molecule has 2 aromatic rings. The van der Waals surface area contributed by atoms with E-state index in [1.54, 1.807) is 29.2 Å². The van der Waals surface area contributed by atoms with E-state index in [0.29, 0.717) is 24.6 Å². The van der Waals surface area contributed by atoms with Gasteiger partial charge in [-0.3, -0.25) is 10.1 Å². The van der Waals surface area contributed by atoms with Crippen LogP contribution in [0.15, 0.2) is 48.5 Å². The molecule has 0 atom stereocenters. The topological polar surface area (TPSA) is 67.9 Å². The lowest BCUT2D eigenvalue weighted by Gasteiger charge is -2.27. The molecule has 1 aliphatic heterocycles. The molecule has 0 spiro atoms. The summed E-state index contributed by atoms with van der Waals surface area (Å²) in [5.74, 6) is 0.379. The number of carbonyl (C=O) groups excluding carboxylic acids is 2. The second-order valence-electron chi connectivity index (χ2n) is 5.43. The first-order chi connectivity index (χ1) is 11.6. The molecule has 2 amide bonds. The second kappa shape index (κ2) is 7.14. The molecule has 0 radical (unpaired) electrons. The van der Waals surface area contributed by atoms with Gasteiger partial charge >= 0.3 is 6.09 Å². The molecule has 1 aliphatic rings. The van der Waals surface area contributed by atoms with E-state index in [2.05, 4.69) is 5.32 Å². The van der Waals surface area contributed by atoms with Crippen LogP contribution in [0.2, 0.25) is 0 Å². The number of hydrogen-bond donors (Lipinski definition) is 1. The highest BCUT2D eigenvalue weighted by Gasteiger charge is 2.21. The molecule has 1 saturated heterocycles. The van der Waals surface area contributed by atoms with E-state index in [4.69, 9.17) is 9.47 Å². The summed E-state index contributed by atoms with van der Waals surface area (Å²) < 4.78 is 10.5. The Hall–Kier alpha value is -2.86. The van der Waals surface area contributed by atoms with Crippen molar-refractivity contribution in [1.29, 1.82) is 0 Å². The molecule has 0 bridgehead atoms. The van der Waals surface area contributed by atoms with E-state index >= 15 is 0 Å². The summed E-state index contributed by atoms with van der Waals surface area (Å²) in [7, 11) is 0. The van der Waals surface area contributed by atoms with Crippen LogP contribution in [0.25, 0.3) is 0 Å². The third-order valence-corrected chi connectivity index (χ3v) is 3.68. The minimum atomic E-state index is -0.556. The summed E-state index contributed by atoms with van der Waals surface area (Å²) in [6.07, 6.45) is -0.556. The van der Waals surface area contributed by atoms with E-state index in [-0.39, 0.29) is 12.5 Å². The zero-order valence-corrected chi connectivity index (χ0v) is 13.3. The van der Waals surface area contributed by atoms with Crippen LogP contribution in [-0.4, -0.2) is 31.8 Å². The molecule has 0 unspecified atom stereocenters. The average Bonchev–Trinajstić information content (AvgIpc) is 2.58. The largest absolute Gasteiger partial charge is 0.417 e. The van der Waals surface area contributed by atoms with Crippen LogP contribution >= 0.6 is 0 Å². The number of nitrogens with zero attached hydrogens (tertiary/aromatic N) is 1. The van der Waals surface area contributed by atoms with Crippen molar-refractivity contribution in [3.8, 4) is 5.75 Å². The summed E-state index contributed by atoms with van der Waals surface area (Å²) in [6, 6.07) is 14.4. The van der Waals surface area contributed by atoms with Gasteiger partial charge in [-0.05, 0) is 42.8 Å². The normalized spacial score (nSPS) is 14.4. The van der Waals surface area contributed by atoms with Gasteiger partial charge in [0.1, 0.15) is 12.4 Å². The van der Waals surface area contributed by atoms with Crippen LogP contribution in [0.5, 0.6) is 5.75 Å². The van der Waals surface area contributed by atoms with Gasteiger partial charge in [0.2, 0.25) is 0 Å². The van der Waals surface area contributed by atoms with Gasteiger partial charge in [-0.25, -0.2) is 4.79 Å². The second-order valence-corrected chi connectivity index (χ2v) is 5.43. The van der Waals surface area contributed by atoms with Gasteiger partial charge in [0.05, 0.1) is 6.61 Å². The van der Waals surface area contributed by atoms with Gasteiger partial charge in [-0.1, -0.05) is 18.2 Å². The maximum Gasteiger partial charge on any atom is 0.417 e. The minimum absolute atomic E-state index is 0.0730. The van der Waals surface area contributed by atoms with Crippen molar-refractivity contribution in [2.75, 3.05) is 30.0 Å². The SMILES string of the molecule is Cc1cc(N2CCOCC2=O)ccc1OC(=O)Nc1ccccc1. The monoisotopic (exact) mass is 326 g/mol. The highest BCUT2D eigenvalue weighted by atomic mass is 16.6. The van der Waals surface area contributed by atoms with Crippen LogP contribution in [0, 0.1) is 6.92 Å². The minimum Gasteiger partial charge on any atom is -0.410 e. The Kier molecular flexibility index (Phi) is 4.77. The fourth-order valence-electron chi connectivity index (χ4n) is 2.47. The molecule has 3 rings (SSSR count). The van der Waals surface area contributed by atoms with Crippen molar-refractivity contribution < 1.29 is 19.1 Å². The van der Waals surface area contributed by atoms with Crippen molar-refractivity contribution in [1.82, 2.24) is 0 Å². The summed E-state index contributed by atoms with van der Waals surface area (Å²) >= 11 is 0. The number of aryl methyl sites for hydroxylation is 1. The van der Waals surface area contributed by atoms with E-state index in [0.717, 1.165) is 11.3 Å². The molecule has 0 aromatic heterocycles. The smallest absolute Gasteiger partial charge is 0.410 e. The number of rotatable bonds is 3. The fraction of sp³-hybridized carbons (Fsp3) is 0.222. The van der Waals surface area contributed by atoms with Crippen molar-refractivity contribution in [2.24, 2.45) is 0 Å². The van der Waals surface area contributed by atoms with Crippen LogP contribution in [0.4, 0.5) is 16.2 Å². The Labute approximate surface area is 140 Å². The number of amides is 2. The molecule has 6 nitrogen and oxygen atoms in total. The zero-order chi connectivity index (χ0) is 16.9. The standard InChI is InChI=1S/C18H18N2O4/c1-13-11-15(20-9-10-23-12-17(20)21)7-8-16(13)24-18(22)19-14-5-3-2-4-6-14/h2-8,11H,9-10,12H2,1H3,(H,19,22). The molecule has 1 fully saturated rings. The third-order valence-electron chi connectivity index (χ3n) is 3.68. The van der Waals surface area contributed by atoms with E-state index < -0.39 is 6.09 Å². The molecular formula is C18H18N2O4. The summed E-state index contributed by atoms with van der Waals surface area (Å²) in [6.45, 7) is 2.96. The zero-order valence-electron chi connectivity index (χ0n) is 13.3. The highest BCUT2D eigenvalue weighted by molar-refractivity contribution is 5.95. The summed E-state index contributed by atoms with van der Waals surface area (Å²) in [5, 5.41) is 2.66. The number of para-hydroxylation sites is 1. The van der Waals surface area contributed by atoms with Gasteiger partial charge in [-0.2, -0.15) is 0 Å². The molecule has 124 valence electrons. The molecular weight excluding hydrogens is 308 g/mol. The first-order valence-corrected chi connectivity index (χ1v) is 7.66. The van der Waals surface area contributed by atoms with Crippen molar-refractivity contribution in [3.05, 3.63) is 54.1 Å². The predicted molar refractivity (Wildman–Crippen MR) is 90.4 cm³/mol. The molecule has 0 aliphatic carbocycles. The fourth-order valence-corrected chi connectivity index (χ4v) is 2.47. The third kappa shape index (κ3) is 3.72. The Morgan fingerprint density at radius 1 is 1.21 bits per heavy atom. The van der Waals surface area contributed by atoms with E-state index in [9.17, 15) is 9.59 Å². The van der Waals surface area contributed by atoms with Crippen LogP contribution < -0.4 is 15.0 Å². The molecule has 24 heavy (non-hydrogen) atoms. The van der Waals surface area contributed by atoms with E-state index in [1.807, 2.05) is 31.2 Å². The number of nitrogens with one attached hydrogen (secondary N) is 1. The lowest BCUT2D eigenvalue weighted by Crippen LogP contribution is -2.41. The van der Waals surface area contributed by atoms with Gasteiger partial charge in [0.25, 0.3) is 5.91 Å². The number of anilines is 2. The highest BCUT2D eigenvalue weighted by Crippen LogP contribution is 2.25. The molecule has 1 N–H and O–H groups in total. The van der Waals surface area contributed by atoms with Crippen LogP contribution in [-0.2, 0) is 9.53 Å². The quantitative estimate of drug-likeness (QED) is 0.941. The first-order valence-electron chi connectivity index (χ1n) is 7.66. The van der Waals surface area contributed by atoms with Crippen LogP contribution in [0.1, 0.15) is 5.56 Å². The Morgan fingerprint density at radius 2 is 2.00 bits per heavy atom. The summed E-state index contributed by atoms with van der Waals surface area (Å²) in [4.78, 5) is 25.5. The number of hydrogen-bond acceptors (Lipinski definition) is 4. The molecule has 2 aromatic carbocycles. The Morgan fingerprint density at radius 3 is 2.71 bits per heavy atom. The number of benzene rings is 2. The van der Waals surface area contributed by atoms with Gasteiger partial charge in [0.15, 0.2) is 0 Å². The average molecular weight is 326 g/mol. The molecule has 1 heterocycles. The van der Waals surface area contributed by atoms with Crippen molar-refractivity contribution >= 4 is 23.4 Å². The number of carbonyl (C=O) groups is 2. The predicted octanol–water partition coefficient (Wildman–Crippen LogP) is 2.97. The van der Waals surface area contributed by atoms with Crippen molar-refractivity contribution in [3.63, 3.8) is 0 Å². The lowest BCUT2D eigenvalue weighted by molar-refractivity contribution is -0.125. The van der Waals surface area contributed by atoms with Gasteiger partial charge in [-0.15, -0.1) is 0 Å². The Bertz CT molecular complexity index is 746. The number of morpholine rings is 1. The maximum absolute atomic E-state index is 12.0. The lowest BCUT2D eigenvalue weighted by atomic mass is 10.1. The number of ether oxygens (including phenoxy) is 2. The van der Waals surface area contributed by atoms with E-state index in [1.165, 1.54) is 0 Å². The Balaban J connectivity index is 1.68.